The normalized spacial score (nSPS) is 10.6. The Balaban J connectivity index is 0. The first-order chi connectivity index (χ1) is 15.1. The van der Waals surface area contributed by atoms with Crippen LogP contribution in [0.4, 0.5) is 10.1 Å². The molecule has 0 radical (unpaired) electrons. The van der Waals surface area contributed by atoms with Gasteiger partial charge in [0.05, 0.1) is 11.0 Å². The number of alkyl halides is 2. The van der Waals surface area contributed by atoms with Crippen LogP contribution in [-0.4, -0.2) is 11.1 Å². The van der Waals surface area contributed by atoms with Gasteiger partial charge in [-0.05, 0) is 42.8 Å². The van der Waals surface area contributed by atoms with Gasteiger partial charge in [-0.3, -0.25) is 4.99 Å². The van der Waals surface area contributed by atoms with Crippen molar-refractivity contribution in [1.82, 2.24) is 0 Å². The molecular formula is C27H30Cl3FIrNO. The molecule has 0 atom stereocenters. The van der Waals surface area contributed by atoms with Gasteiger partial charge in [-0.15, -0.1) is 23.2 Å². The number of benzene rings is 2. The van der Waals surface area contributed by atoms with Crippen molar-refractivity contribution in [3.8, 4) is 0 Å². The SMILES string of the molecule is CC(/C=C(\[O-])c1cccc(F)c1)=Nc1ccccc1.Cc1c(C)c(C)[c-](C)c1C.ClCCl.[Cl-].[Ir+3]. The summed E-state index contributed by atoms with van der Waals surface area (Å²) in [5, 5.41) is 12.1. The van der Waals surface area contributed by atoms with Gasteiger partial charge in [0.15, 0.2) is 0 Å². The van der Waals surface area contributed by atoms with Gasteiger partial charge in [-0.2, -0.15) is 27.8 Å². The Morgan fingerprint density at radius 3 is 1.88 bits per heavy atom. The molecular weight excluding hydrogens is 672 g/mol. The summed E-state index contributed by atoms with van der Waals surface area (Å²) < 4.78 is 13.0. The molecule has 7 heteroatoms. The molecule has 0 spiro atoms. The maximum atomic E-state index is 13.0. The number of rotatable bonds is 3. The van der Waals surface area contributed by atoms with Gasteiger partial charge in [0.1, 0.15) is 5.82 Å². The van der Waals surface area contributed by atoms with Crippen LogP contribution in [0.2, 0.25) is 0 Å². The first kappa shape index (κ1) is 34.6. The van der Waals surface area contributed by atoms with Gasteiger partial charge in [0, 0.05) is 5.71 Å². The van der Waals surface area contributed by atoms with Crippen LogP contribution in [0.5, 0.6) is 0 Å². The predicted molar refractivity (Wildman–Crippen MR) is 136 cm³/mol. The Morgan fingerprint density at radius 2 is 1.47 bits per heavy atom. The molecule has 3 rings (SSSR count). The molecule has 0 saturated carbocycles. The third-order valence-electron chi connectivity index (χ3n) is 5.32. The molecule has 0 aliphatic carbocycles. The first-order valence-corrected chi connectivity index (χ1v) is 11.3. The largest absolute Gasteiger partial charge is 3.00 e. The number of halogens is 4. The fraction of sp³-hybridized carbons (Fsp3) is 0.259. The van der Waals surface area contributed by atoms with Crippen LogP contribution >= 0.6 is 23.2 Å². The number of hydrogen-bond acceptors (Lipinski definition) is 2. The molecule has 0 aromatic heterocycles. The number of aliphatic imine (C=N–C) groups is 1. The summed E-state index contributed by atoms with van der Waals surface area (Å²) in [5.41, 5.74) is 9.02. The van der Waals surface area contributed by atoms with Gasteiger partial charge < -0.3 is 17.5 Å². The topological polar surface area (TPSA) is 35.4 Å². The first-order valence-electron chi connectivity index (χ1n) is 10.2. The zero-order valence-corrected chi connectivity index (χ0v) is 24.8. The van der Waals surface area contributed by atoms with Crippen molar-refractivity contribution in [2.45, 2.75) is 41.5 Å². The molecule has 3 aromatic carbocycles. The van der Waals surface area contributed by atoms with Gasteiger partial charge >= 0.3 is 20.1 Å². The summed E-state index contributed by atoms with van der Waals surface area (Å²) >= 11 is 9.53. The third kappa shape index (κ3) is 11.3. The van der Waals surface area contributed by atoms with E-state index < -0.39 is 5.82 Å². The number of allylic oxidation sites excluding steroid dienone is 1. The molecule has 0 N–H and O–H groups in total. The minimum atomic E-state index is -0.420. The van der Waals surface area contributed by atoms with Crippen molar-refractivity contribution in [3.05, 3.63) is 99.9 Å². The Kier molecular flexibility index (Phi) is 18.1. The Morgan fingerprint density at radius 1 is 0.971 bits per heavy atom. The molecule has 0 amide bonds. The van der Waals surface area contributed by atoms with Crippen LogP contribution < -0.4 is 17.5 Å². The van der Waals surface area contributed by atoms with Crippen LogP contribution in [0.1, 0.15) is 40.3 Å². The Hall–Kier alpha value is -1.55. The van der Waals surface area contributed by atoms with E-state index in [1.807, 2.05) is 30.3 Å². The van der Waals surface area contributed by atoms with Crippen molar-refractivity contribution in [1.29, 1.82) is 0 Å². The smallest absolute Gasteiger partial charge is 1.00 e. The molecule has 0 aliphatic rings. The van der Waals surface area contributed by atoms with Crippen LogP contribution in [-0.2, 0) is 20.1 Å². The molecule has 34 heavy (non-hydrogen) atoms. The summed E-state index contributed by atoms with van der Waals surface area (Å²) in [6.45, 7) is 12.7. The van der Waals surface area contributed by atoms with Crippen molar-refractivity contribution >= 4 is 40.4 Å². The van der Waals surface area contributed by atoms with Crippen LogP contribution in [0, 0.1) is 40.4 Å². The molecule has 0 saturated heterocycles. The van der Waals surface area contributed by atoms with Crippen LogP contribution in [0.3, 0.4) is 0 Å². The van der Waals surface area contributed by atoms with Crippen molar-refractivity contribution in [2.75, 3.05) is 5.34 Å². The fourth-order valence-electron chi connectivity index (χ4n) is 3.06. The van der Waals surface area contributed by atoms with E-state index in [-0.39, 0.29) is 43.6 Å². The van der Waals surface area contributed by atoms with Crippen molar-refractivity contribution in [3.63, 3.8) is 0 Å². The van der Waals surface area contributed by atoms with Crippen molar-refractivity contribution in [2.24, 2.45) is 4.99 Å². The molecule has 0 bridgehead atoms. The van der Waals surface area contributed by atoms with E-state index in [0.29, 0.717) is 11.3 Å². The number of para-hydroxylation sites is 1. The maximum Gasteiger partial charge on any atom is 3.00 e. The summed E-state index contributed by atoms with van der Waals surface area (Å²) in [7, 11) is 0. The Bertz CT molecular complexity index is 983. The minimum absolute atomic E-state index is 0. The average Bonchev–Trinajstić information content (AvgIpc) is 2.93. The zero-order valence-electron chi connectivity index (χ0n) is 20.2. The monoisotopic (exact) mass is 701 g/mol. The molecule has 3 aromatic rings. The summed E-state index contributed by atoms with van der Waals surface area (Å²) in [5.74, 6) is -0.673. The van der Waals surface area contributed by atoms with E-state index in [9.17, 15) is 9.50 Å². The van der Waals surface area contributed by atoms with Gasteiger partial charge in [0.25, 0.3) is 0 Å². The summed E-state index contributed by atoms with van der Waals surface area (Å²) in [4.78, 5) is 4.29. The summed E-state index contributed by atoms with van der Waals surface area (Å²) in [6.07, 6.45) is 1.40. The van der Waals surface area contributed by atoms with Crippen molar-refractivity contribution < 1.29 is 42.0 Å². The van der Waals surface area contributed by atoms with Gasteiger partial charge in [-0.1, -0.05) is 70.7 Å². The quantitative estimate of drug-likeness (QED) is 0.169. The van der Waals surface area contributed by atoms with Crippen LogP contribution in [0.15, 0.2) is 65.7 Å². The van der Waals surface area contributed by atoms with E-state index in [2.05, 4.69) is 39.6 Å². The zero-order chi connectivity index (χ0) is 24.3. The van der Waals surface area contributed by atoms with Crippen LogP contribution in [0.25, 0.3) is 5.76 Å². The number of nitrogens with zero attached hydrogens (tertiary/aromatic N) is 1. The molecule has 0 fully saturated rings. The second kappa shape index (κ2) is 17.8. The van der Waals surface area contributed by atoms with E-state index in [4.69, 9.17) is 23.2 Å². The second-order valence-electron chi connectivity index (χ2n) is 7.33. The molecule has 186 valence electrons. The standard InChI is InChI=1S/C16H14FNO.C10H15.CH2Cl2.ClH.Ir/c1-12(18-15-8-3-2-4-9-15)10-16(19)13-6-5-7-14(17)11-13;1-6-7(2)9(4)10(5)8(6)3;2-1-3;;/h2-11,19H,1H3;1-5H3;1H2;1H;/q;-1;;;+3/p-2/b16-10-,18-12?;;;;. The second-order valence-corrected chi connectivity index (χ2v) is 8.14. The molecule has 0 heterocycles. The number of hydrogen-bond donors (Lipinski definition) is 0. The molecule has 2 nitrogen and oxygen atoms in total. The van der Waals surface area contributed by atoms with E-state index in [1.165, 1.54) is 52.1 Å². The van der Waals surface area contributed by atoms with E-state index >= 15 is 0 Å². The predicted octanol–water partition coefficient (Wildman–Crippen LogP) is 4.69. The van der Waals surface area contributed by atoms with E-state index in [0.717, 1.165) is 5.69 Å². The third-order valence-corrected chi connectivity index (χ3v) is 5.32. The minimum Gasteiger partial charge on any atom is -1.00 e. The maximum absolute atomic E-state index is 13.0. The molecule has 0 aliphatic heterocycles. The Labute approximate surface area is 233 Å². The van der Waals surface area contributed by atoms with Gasteiger partial charge in [-0.25, -0.2) is 4.39 Å². The fourth-order valence-corrected chi connectivity index (χ4v) is 3.06. The molecule has 0 unspecified atom stereocenters. The van der Waals surface area contributed by atoms with Gasteiger partial charge in [0.2, 0.25) is 0 Å². The van der Waals surface area contributed by atoms with E-state index in [1.54, 1.807) is 13.0 Å². The summed E-state index contributed by atoms with van der Waals surface area (Å²) in [6, 6.07) is 15.0. The average molecular weight is 702 g/mol.